The summed E-state index contributed by atoms with van der Waals surface area (Å²) in [6.07, 6.45) is 2.35. The smallest absolute Gasteiger partial charge is 0.342 e. The molecule has 0 aliphatic carbocycles. The fraction of sp³-hybridized carbons (Fsp3) is 0.240. The zero-order valence-electron chi connectivity index (χ0n) is 18.7. The van der Waals surface area contributed by atoms with Gasteiger partial charge in [0.1, 0.15) is 17.1 Å². The molecule has 0 spiro atoms. The molecule has 1 aromatic heterocycles. The molecule has 2 aromatic carbocycles. The van der Waals surface area contributed by atoms with Crippen molar-refractivity contribution in [1.29, 1.82) is 0 Å². The van der Waals surface area contributed by atoms with Crippen LogP contribution in [0.2, 0.25) is 0 Å². The first-order valence-electron chi connectivity index (χ1n) is 10.9. The summed E-state index contributed by atoms with van der Waals surface area (Å²) >= 11 is 0. The van der Waals surface area contributed by atoms with Crippen molar-refractivity contribution >= 4 is 29.1 Å². The van der Waals surface area contributed by atoms with E-state index in [2.05, 4.69) is 15.6 Å². The fourth-order valence-electron chi connectivity index (χ4n) is 3.25. The van der Waals surface area contributed by atoms with Crippen LogP contribution in [0.4, 0.5) is 17.2 Å². The van der Waals surface area contributed by atoms with Gasteiger partial charge >= 0.3 is 5.97 Å². The van der Waals surface area contributed by atoms with Gasteiger partial charge in [-0.05, 0) is 55.5 Å². The molecule has 2 heterocycles. The molecule has 0 saturated carbocycles. The molecule has 2 N–H and O–H groups in total. The minimum Gasteiger partial charge on any atom is -0.494 e. The van der Waals surface area contributed by atoms with Crippen molar-refractivity contribution in [2.75, 3.05) is 37.1 Å². The summed E-state index contributed by atoms with van der Waals surface area (Å²) in [7, 11) is 0. The SMILES string of the molecule is CCOc1ccc(Nc2ncccc2C(=O)OCC(=O)Nc2ccc3c(c2)OCCCO3)cc1. The van der Waals surface area contributed by atoms with Gasteiger partial charge in [-0.25, -0.2) is 9.78 Å². The number of rotatable bonds is 8. The van der Waals surface area contributed by atoms with E-state index in [1.165, 1.54) is 0 Å². The van der Waals surface area contributed by atoms with E-state index in [1.807, 2.05) is 31.2 Å². The van der Waals surface area contributed by atoms with E-state index in [9.17, 15) is 9.59 Å². The van der Waals surface area contributed by atoms with E-state index >= 15 is 0 Å². The van der Waals surface area contributed by atoms with Gasteiger partial charge in [0.2, 0.25) is 0 Å². The van der Waals surface area contributed by atoms with Crippen molar-refractivity contribution < 1.29 is 28.5 Å². The van der Waals surface area contributed by atoms with Crippen LogP contribution in [0.5, 0.6) is 17.2 Å². The molecule has 0 bridgehead atoms. The van der Waals surface area contributed by atoms with Gasteiger partial charge in [-0.2, -0.15) is 0 Å². The molecule has 0 saturated heterocycles. The van der Waals surface area contributed by atoms with Crippen LogP contribution < -0.4 is 24.8 Å². The summed E-state index contributed by atoms with van der Waals surface area (Å²) in [6, 6.07) is 15.6. The summed E-state index contributed by atoms with van der Waals surface area (Å²) < 4.78 is 21.9. The Labute approximate surface area is 197 Å². The number of amides is 1. The quantitative estimate of drug-likeness (QED) is 0.479. The fourth-order valence-corrected chi connectivity index (χ4v) is 3.25. The van der Waals surface area contributed by atoms with Crippen molar-refractivity contribution in [3.63, 3.8) is 0 Å². The largest absolute Gasteiger partial charge is 0.494 e. The average molecular weight is 463 g/mol. The highest BCUT2D eigenvalue weighted by molar-refractivity contribution is 5.98. The van der Waals surface area contributed by atoms with Crippen LogP contribution in [0, 0.1) is 0 Å². The Balaban J connectivity index is 1.35. The minimum absolute atomic E-state index is 0.208. The van der Waals surface area contributed by atoms with Crippen LogP contribution in [0.15, 0.2) is 60.8 Å². The van der Waals surface area contributed by atoms with E-state index in [1.54, 1.807) is 36.5 Å². The molecule has 9 heteroatoms. The predicted octanol–water partition coefficient (Wildman–Crippen LogP) is 4.18. The van der Waals surface area contributed by atoms with Crippen LogP contribution in [-0.2, 0) is 9.53 Å². The van der Waals surface area contributed by atoms with Crippen molar-refractivity contribution in [3.8, 4) is 17.2 Å². The number of pyridine rings is 1. The molecule has 9 nitrogen and oxygen atoms in total. The van der Waals surface area contributed by atoms with Gasteiger partial charge in [-0.1, -0.05) is 0 Å². The van der Waals surface area contributed by atoms with Crippen molar-refractivity contribution in [2.24, 2.45) is 0 Å². The zero-order chi connectivity index (χ0) is 23.8. The molecule has 0 atom stereocenters. The maximum Gasteiger partial charge on any atom is 0.342 e. The highest BCUT2D eigenvalue weighted by Crippen LogP contribution is 2.32. The number of hydrogen-bond donors (Lipinski definition) is 2. The van der Waals surface area contributed by atoms with Gasteiger partial charge in [0.15, 0.2) is 18.1 Å². The average Bonchev–Trinajstić information content (AvgIpc) is 3.09. The van der Waals surface area contributed by atoms with Gasteiger partial charge in [0, 0.05) is 30.1 Å². The first-order chi connectivity index (χ1) is 16.6. The second-order valence-electron chi connectivity index (χ2n) is 7.32. The Kier molecular flexibility index (Phi) is 7.44. The third-order valence-electron chi connectivity index (χ3n) is 4.82. The summed E-state index contributed by atoms with van der Waals surface area (Å²) in [5.41, 5.74) is 1.45. The zero-order valence-corrected chi connectivity index (χ0v) is 18.7. The van der Waals surface area contributed by atoms with Gasteiger partial charge in [-0.15, -0.1) is 0 Å². The topological polar surface area (TPSA) is 108 Å². The molecule has 0 fully saturated rings. The summed E-state index contributed by atoms with van der Waals surface area (Å²) in [5, 5.41) is 5.78. The molecule has 1 aliphatic heterocycles. The molecule has 34 heavy (non-hydrogen) atoms. The number of nitrogens with one attached hydrogen (secondary N) is 2. The number of aromatic nitrogens is 1. The highest BCUT2D eigenvalue weighted by Gasteiger charge is 2.17. The lowest BCUT2D eigenvalue weighted by atomic mass is 10.2. The number of esters is 1. The first kappa shape index (κ1) is 22.9. The molecule has 4 rings (SSSR count). The van der Waals surface area contributed by atoms with E-state index in [-0.39, 0.29) is 5.56 Å². The van der Waals surface area contributed by atoms with Crippen LogP contribution in [0.3, 0.4) is 0 Å². The molecule has 3 aromatic rings. The Morgan fingerprint density at radius 1 is 1.00 bits per heavy atom. The molecule has 176 valence electrons. The van der Waals surface area contributed by atoms with Crippen LogP contribution in [-0.4, -0.2) is 43.3 Å². The Bertz CT molecular complexity index is 1150. The number of ether oxygens (including phenoxy) is 4. The Hall–Kier alpha value is -4.27. The molecular formula is C25H25N3O6. The summed E-state index contributed by atoms with van der Waals surface area (Å²) in [6.45, 7) is 3.16. The number of hydrogen-bond acceptors (Lipinski definition) is 8. The standard InChI is InChI=1S/C25H25N3O6/c1-2-31-19-9-6-17(7-10-19)28-24-20(5-3-12-26-24)25(30)34-16-23(29)27-18-8-11-21-22(15-18)33-14-4-13-32-21/h3,5-12,15H,2,4,13-14,16H2,1H3,(H,26,28)(H,27,29). The Morgan fingerprint density at radius 3 is 2.56 bits per heavy atom. The molecule has 1 amide bonds. The van der Waals surface area contributed by atoms with Crippen LogP contribution >= 0.6 is 0 Å². The maximum atomic E-state index is 12.6. The first-order valence-corrected chi connectivity index (χ1v) is 10.9. The lowest BCUT2D eigenvalue weighted by molar-refractivity contribution is -0.119. The van der Waals surface area contributed by atoms with Gasteiger partial charge in [0.25, 0.3) is 5.91 Å². The van der Waals surface area contributed by atoms with E-state index in [4.69, 9.17) is 18.9 Å². The number of benzene rings is 2. The van der Waals surface area contributed by atoms with Gasteiger partial charge in [0.05, 0.1) is 19.8 Å². The molecular weight excluding hydrogens is 438 g/mol. The number of carbonyl (C=O) groups excluding carboxylic acids is 2. The second kappa shape index (κ2) is 11.0. The third-order valence-corrected chi connectivity index (χ3v) is 4.82. The van der Waals surface area contributed by atoms with Gasteiger partial charge < -0.3 is 29.6 Å². The minimum atomic E-state index is -0.671. The van der Waals surface area contributed by atoms with E-state index < -0.39 is 18.5 Å². The van der Waals surface area contributed by atoms with E-state index in [0.29, 0.717) is 42.8 Å². The Morgan fingerprint density at radius 2 is 1.76 bits per heavy atom. The number of fused-ring (bicyclic) bond motifs is 1. The van der Waals surface area contributed by atoms with Crippen molar-refractivity contribution in [2.45, 2.75) is 13.3 Å². The third kappa shape index (κ3) is 5.94. The van der Waals surface area contributed by atoms with Crippen molar-refractivity contribution in [1.82, 2.24) is 4.98 Å². The normalized spacial score (nSPS) is 12.3. The summed E-state index contributed by atoms with van der Waals surface area (Å²) in [5.74, 6) is 1.11. The molecule has 0 radical (unpaired) electrons. The number of anilines is 3. The molecule has 1 aliphatic rings. The van der Waals surface area contributed by atoms with Crippen LogP contribution in [0.1, 0.15) is 23.7 Å². The second-order valence-corrected chi connectivity index (χ2v) is 7.32. The predicted molar refractivity (Wildman–Crippen MR) is 126 cm³/mol. The number of carbonyl (C=O) groups is 2. The van der Waals surface area contributed by atoms with Gasteiger partial charge in [-0.3, -0.25) is 4.79 Å². The van der Waals surface area contributed by atoms with Crippen molar-refractivity contribution in [3.05, 3.63) is 66.4 Å². The van der Waals surface area contributed by atoms with Crippen LogP contribution in [0.25, 0.3) is 0 Å². The maximum absolute atomic E-state index is 12.6. The lowest BCUT2D eigenvalue weighted by Gasteiger charge is -2.12. The molecule has 0 unspecified atom stereocenters. The monoisotopic (exact) mass is 463 g/mol. The lowest BCUT2D eigenvalue weighted by Crippen LogP contribution is -2.21. The van der Waals surface area contributed by atoms with E-state index in [0.717, 1.165) is 17.9 Å². The summed E-state index contributed by atoms with van der Waals surface area (Å²) in [4.78, 5) is 29.2. The number of nitrogens with zero attached hydrogens (tertiary/aromatic N) is 1. The highest BCUT2D eigenvalue weighted by atomic mass is 16.5.